The summed E-state index contributed by atoms with van der Waals surface area (Å²) in [6.07, 6.45) is 0. The largest absolute Gasteiger partial charge is 0.477 e. The van der Waals surface area contributed by atoms with Gasteiger partial charge in [0.05, 0.1) is 11.4 Å². The summed E-state index contributed by atoms with van der Waals surface area (Å²) in [5.41, 5.74) is 0.210. The highest BCUT2D eigenvalue weighted by molar-refractivity contribution is 7.89. The number of thiophene rings is 1. The van der Waals surface area contributed by atoms with Gasteiger partial charge in [-0.2, -0.15) is 0 Å². The number of hydrogen-bond donors (Lipinski definition) is 3. The van der Waals surface area contributed by atoms with Crippen LogP contribution in [0.15, 0.2) is 41.3 Å². The van der Waals surface area contributed by atoms with Crippen molar-refractivity contribution in [2.24, 2.45) is 0 Å². The van der Waals surface area contributed by atoms with E-state index in [0.717, 1.165) is 11.3 Å². The Morgan fingerprint density at radius 2 is 1.92 bits per heavy atom. The molecule has 0 saturated heterocycles. The van der Waals surface area contributed by atoms with Crippen molar-refractivity contribution in [2.45, 2.75) is 31.3 Å². The average Bonchev–Trinajstić information content (AvgIpc) is 3.01. The average molecular weight is 382 g/mol. The molecule has 2 aromatic rings. The smallest absolute Gasteiger partial charge is 0.345 e. The minimum atomic E-state index is -3.68. The predicted molar refractivity (Wildman–Crippen MR) is 94.3 cm³/mol. The molecule has 0 radical (unpaired) electrons. The molecule has 134 valence electrons. The highest BCUT2D eigenvalue weighted by Gasteiger charge is 2.17. The number of amides is 1. The summed E-state index contributed by atoms with van der Waals surface area (Å²) in [5, 5.41) is 11.5. The number of carbonyl (C=O) groups excluding carboxylic acids is 1. The molecule has 1 amide bonds. The fourth-order valence-corrected chi connectivity index (χ4v) is 4.12. The summed E-state index contributed by atoms with van der Waals surface area (Å²) in [6.45, 7) is 3.58. The predicted octanol–water partition coefficient (Wildman–Crippen LogP) is 2.06. The molecule has 1 aromatic carbocycles. The molecular weight excluding hydrogens is 364 g/mol. The summed E-state index contributed by atoms with van der Waals surface area (Å²) in [6, 6.07) is 8.57. The summed E-state index contributed by atoms with van der Waals surface area (Å²) in [5.74, 6) is -1.45. The zero-order valence-electron chi connectivity index (χ0n) is 13.6. The number of hydrogen-bond acceptors (Lipinski definition) is 5. The van der Waals surface area contributed by atoms with Gasteiger partial charge in [-0.15, -0.1) is 11.3 Å². The Balaban J connectivity index is 2.09. The van der Waals surface area contributed by atoms with Crippen molar-refractivity contribution in [1.82, 2.24) is 10.0 Å². The van der Waals surface area contributed by atoms with Gasteiger partial charge < -0.3 is 10.4 Å². The van der Waals surface area contributed by atoms with E-state index in [0.29, 0.717) is 4.88 Å². The van der Waals surface area contributed by atoms with Crippen LogP contribution in [0.3, 0.4) is 0 Å². The molecule has 7 nitrogen and oxygen atoms in total. The van der Waals surface area contributed by atoms with Crippen molar-refractivity contribution < 1.29 is 23.1 Å². The molecule has 0 bridgehead atoms. The number of sulfonamides is 1. The van der Waals surface area contributed by atoms with E-state index in [9.17, 15) is 18.0 Å². The second-order valence-corrected chi connectivity index (χ2v) is 8.44. The first-order valence-electron chi connectivity index (χ1n) is 7.41. The Kier molecular flexibility index (Phi) is 5.93. The third-order valence-corrected chi connectivity index (χ3v) is 5.82. The molecule has 2 rings (SSSR count). The van der Waals surface area contributed by atoms with Crippen LogP contribution in [0.1, 0.15) is 38.8 Å². The molecule has 0 unspecified atom stereocenters. The maximum atomic E-state index is 12.2. The van der Waals surface area contributed by atoms with E-state index in [1.54, 1.807) is 19.9 Å². The van der Waals surface area contributed by atoms with Crippen LogP contribution in [-0.4, -0.2) is 31.4 Å². The van der Waals surface area contributed by atoms with Crippen LogP contribution in [0.4, 0.5) is 0 Å². The second kappa shape index (κ2) is 7.77. The standard InChI is InChI=1S/C16H18N2O5S2/c1-10(2)18-25(22,23)13-5-3-4-11(8-13)15(19)17-9-12-6-7-14(24-12)16(20)21/h3-8,10,18H,9H2,1-2H3,(H,17,19)(H,20,21). The Bertz CT molecular complexity index is 887. The van der Waals surface area contributed by atoms with Gasteiger partial charge >= 0.3 is 5.97 Å². The summed E-state index contributed by atoms with van der Waals surface area (Å²) in [7, 11) is -3.68. The normalized spacial score (nSPS) is 11.5. The molecule has 0 aliphatic heterocycles. The van der Waals surface area contributed by atoms with Gasteiger partial charge in [-0.1, -0.05) is 6.07 Å². The summed E-state index contributed by atoms with van der Waals surface area (Å²) >= 11 is 1.07. The Morgan fingerprint density at radius 1 is 1.20 bits per heavy atom. The van der Waals surface area contributed by atoms with Gasteiger partial charge in [0.2, 0.25) is 10.0 Å². The number of carbonyl (C=O) groups is 2. The second-order valence-electron chi connectivity index (χ2n) is 5.56. The topological polar surface area (TPSA) is 113 Å². The van der Waals surface area contributed by atoms with Crippen LogP contribution in [0.25, 0.3) is 0 Å². The van der Waals surface area contributed by atoms with Crippen LogP contribution in [-0.2, 0) is 16.6 Å². The van der Waals surface area contributed by atoms with Gasteiger partial charge in [-0.25, -0.2) is 17.9 Å². The lowest BCUT2D eigenvalue weighted by molar-refractivity contribution is 0.0702. The van der Waals surface area contributed by atoms with Crippen LogP contribution in [0.2, 0.25) is 0 Å². The van der Waals surface area contributed by atoms with Crippen molar-refractivity contribution in [3.05, 3.63) is 51.7 Å². The molecule has 9 heteroatoms. The van der Waals surface area contributed by atoms with Gasteiger partial charge in [0.15, 0.2) is 0 Å². The van der Waals surface area contributed by atoms with Crippen molar-refractivity contribution in [3.8, 4) is 0 Å². The van der Waals surface area contributed by atoms with E-state index >= 15 is 0 Å². The summed E-state index contributed by atoms with van der Waals surface area (Å²) < 4.78 is 26.8. The monoisotopic (exact) mass is 382 g/mol. The fourth-order valence-electron chi connectivity index (χ4n) is 2.04. The van der Waals surface area contributed by atoms with Crippen LogP contribution < -0.4 is 10.0 Å². The van der Waals surface area contributed by atoms with E-state index < -0.39 is 21.9 Å². The zero-order valence-corrected chi connectivity index (χ0v) is 15.3. The SMILES string of the molecule is CC(C)NS(=O)(=O)c1cccc(C(=O)NCc2ccc(C(=O)O)s2)c1. The minimum absolute atomic E-state index is 0.0122. The van der Waals surface area contributed by atoms with Gasteiger partial charge in [-0.3, -0.25) is 4.79 Å². The molecular formula is C16H18N2O5S2. The molecule has 25 heavy (non-hydrogen) atoms. The number of carboxylic acids is 1. The summed E-state index contributed by atoms with van der Waals surface area (Å²) in [4.78, 5) is 24.0. The molecule has 3 N–H and O–H groups in total. The first kappa shape index (κ1) is 19.1. The van der Waals surface area contributed by atoms with Gasteiger partial charge in [0.25, 0.3) is 5.91 Å². The quantitative estimate of drug-likeness (QED) is 0.678. The molecule has 1 aromatic heterocycles. The zero-order chi connectivity index (χ0) is 18.6. The Hall–Kier alpha value is -2.23. The molecule has 0 saturated carbocycles. The molecule has 0 fully saturated rings. The van der Waals surface area contributed by atoms with Crippen molar-refractivity contribution in [2.75, 3.05) is 0 Å². The fraction of sp³-hybridized carbons (Fsp3) is 0.250. The molecule has 1 heterocycles. The van der Waals surface area contributed by atoms with Gasteiger partial charge in [-0.05, 0) is 44.2 Å². The minimum Gasteiger partial charge on any atom is -0.477 e. The third kappa shape index (κ3) is 5.12. The van der Waals surface area contributed by atoms with Crippen LogP contribution >= 0.6 is 11.3 Å². The van der Waals surface area contributed by atoms with Gasteiger partial charge in [0.1, 0.15) is 4.88 Å². The maximum absolute atomic E-state index is 12.2. The van der Waals surface area contributed by atoms with E-state index in [-0.39, 0.29) is 27.9 Å². The highest BCUT2D eigenvalue weighted by atomic mass is 32.2. The Labute approximate surface area is 149 Å². The molecule has 0 spiro atoms. The number of carboxylic acid groups (broad SMARTS) is 1. The lowest BCUT2D eigenvalue weighted by Gasteiger charge is -2.10. The van der Waals surface area contributed by atoms with Crippen molar-refractivity contribution in [3.63, 3.8) is 0 Å². The molecule has 0 aliphatic carbocycles. The van der Waals surface area contributed by atoms with Crippen LogP contribution in [0, 0.1) is 0 Å². The van der Waals surface area contributed by atoms with Crippen molar-refractivity contribution in [1.29, 1.82) is 0 Å². The lowest BCUT2D eigenvalue weighted by Crippen LogP contribution is -2.30. The van der Waals surface area contributed by atoms with E-state index in [1.807, 2.05) is 0 Å². The third-order valence-electron chi connectivity index (χ3n) is 3.09. The number of aromatic carboxylic acids is 1. The number of nitrogens with one attached hydrogen (secondary N) is 2. The van der Waals surface area contributed by atoms with Crippen molar-refractivity contribution >= 4 is 33.2 Å². The Morgan fingerprint density at radius 3 is 2.52 bits per heavy atom. The van der Waals surface area contributed by atoms with Gasteiger partial charge in [0, 0.05) is 16.5 Å². The molecule has 0 atom stereocenters. The van der Waals surface area contributed by atoms with E-state index in [2.05, 4.69) is 10.0 Å². The number of rotatable bonds is 7. The number of benzene rings is 1. The lowest BCUT2D eigenvalue weighted by atomic mass is 10.2. The first-order chi connectivity index (χ1) is 11.7. The molecule has 0 aliphatic rings. The highest BCUT2D eigenvalue weighted by Crippen LogP contribution is 2.17. The van der Waals surface area contributed by atoms with Crippen LogP contribution in [0.5, 0.6) is 0 Å². The van der Waals surface area contributed by atoms with E-state index in [1.165, 1.54) is 30.3 Å². The van der Waals surface area contributed by atoms with E-state index in [4.69, 9.17) is 5.11 Å². The first-order valence-corrected chi connectivity index (χ1v) is 9.71. The maximum Gasteiger partial charge on any atom is 0.345 e.